The van der Waals surface area contributed by atoms with Crippen LogP contribution < -0.4 is 5.32 Å². The van der Waals surface area contributed by atoms with E-state index in [0.717, 1.165) is 38.9 Å². The van der Waals surface area contributed by atoms with Gasteiger partial charge in [-0.2, -0.15) is 0 Å². The summed E-state index contributed by atoms with van der Waals surface area (Å²) < 4.78 is 0. The van der Waals surface area contributed by atoms with E-state index in [4.69, 9.17) is 0 Å². The molecule has 1 aromatic carbocycles. The van der Waals surface area contributed by atoms with Gasteiger partial charge in [0, 0.05) is 19.0 Å². The smallest absolute Gasteiger partial charge is 0.221 e. The van der Waals surface area contributed by atoms with Gasteiger partial charge in [0.1, 0.15) is 5.75 Å². The normalized spacial score (nSPS) is 15.2. The van der Waals surface area contributed by atoms with E-state index in [0.29, 0.717) is 12.1 Å². The maximum atomic E-state index is 12.3. The molecule has 0 aliphatic carbocycles. The maximum Gasteiger partial charge on any atom is 0.221 e. The summed E-state index contributed by atoms with van der Waals surface area (Å²) in [5, 5.41) is 12.5. The molecule has 0 bridgehead atoms. The fourth-order valence-corrected chi connectivity index (χ4v) is 3.00. The average molecular weight is 331 g/mol. The van der Waals surface area contributed by atoms with Crippen molar-refractivity contribution in [2.24, 2.45) is 0 Å². The first-order valence-corrected chi connectivity index (χ1v) is 8.74. The van der Waals surface area contributed by atoms with Crippen LogP contribution in [-0.2, 0) is 4.79 Å². The second-order valence-electron chi connectivity index (χ2n) is 6.35. The number of nitrogens with zero attached hydrogens (tertiary/aromatic N) is 1. The molecular formula is C19H27N2O3. The second-order valence-corrected chi connectivity index (χ2v) is 6.35. The molecule has 0 aromatic heterocycles. The van der Waals surface area contributed by atoms with Gasteiger partial charge in [0.2, 0.25) is 5.91 Å². The first-order valence-electron chi connectivity index (χ1n) is 8.74. The highest BCUT2D eigenvalue weighted by Crippen LogP contribution is 2.23. The van der Waals surface area contributed by atoms with Crippen molar-refractivity contribution in [1.82, 2.24) is 4.90 Å². The van der Waals surface area contributed by atoms with Crippen molar-refractivity contribution in [1.29, 1.82) is 0 Å². The molecule has 2 N–H and O–H groups in total. The highest BCUT2D eigenvalue weighted by Gasteiger charge is 2.13. The maximum absolute atomic E-state index is 12.3. The van der Waals surface area contributed by atoms with Crippen molar-refractivity contribution in [2.75, 3.05) is 25.0 Å². The van der Waals surface area contributed by atoms with Crippen molar-refractivity contribution in [2.45, 2.75) is 45.4 Å². The Bertz CT molecular complexity index is 566. The van der Waals surface area contributed by atoms with E-state index in [1.54, 1.807) is 12.1 Å². The molecule has 1 aromatic rings. The minimum atomic E-state index is -0.200. The average Bonchev–Trinajstić information content (AvgIpc) is 2.56. The highest BCUT2D eigenvalue weighted by atomic mass is 16.3. The largest absolute Gasteiger partial charge is 0.507 e. The van der Waals surface area contributed by atoms with Crippen LogP contribution in [0.4, 0.5) is 5.69 Å². The van der Waals surface area contributed by atoms with E-state index in [1.807, 2.05) is 0 Å². The van der Waals surface area contributed by atoms with E-state index in [2.05, 4.69) is 16.6 Å². The third-order valence-electron chi connectivity index (χ3n) is 4.29. The van der Waals surface area contributed by atoms with Gasteiger partial charge in [-0.25, -0.2) is 0 Å². The molecule has 5 nitrogen and oxygen atoms in total. The van der Waals surface area contributed by atoms with Crippen LogP contribution >= 0.6 is 0 Å². The molecule has 0 saturated carbocycles. The molecule has 0 unspecified atom stereocenters. The third-order valence-corrected chi connectivity index (χ3v) is 4.29. The van der Waals surface area contributed by atoms with Gasteiger partial charge < -0.3 is 15.3 Å². The molecule has 0 spiro atoms. The molecule has 1 fully saturated rings. The van der Waals surface area contributed by atoms with Crippen LogP contribution in [0.5, 0.6) is 5.75 Å². The number of hydrogen-bond acceptors (Lipinski definition) is 4. The SMILES string of the molecule is CC(=O)Nc1ccc(O)c(C(=O)CCCCCN2CC[CH]CC2)c1. The zero-order valence-electron chi connectivity index (χ0n) is 14.4. The Hall–Kier alpha value is -1.88. The molecule has 5 heteroatoms. The molecular weight excluding hydrogens is 304 g/mol. The Morgan fingerprint density at radius 2 is 1.92 bits per heavy atom. The van der Waals surface area contributed by atoms with Crippen molar-refractivity contribution in [3.8, 4) is 5.75 Å². The second kappa shape index (κ2) is 9.42. The lowest BCUT2D eigenvalue weighted by Gasteiger charge is -2.26. The Labute approximate surface area is 144 Å². The Kier molecular flexibility index (Phi) is 7.25. The number of phenolic OH excluding ortho intramolecular Hbond substituents is 1. The molecule has 1 aliphatic rings. The van der Waals surface area contributed by atoms with Gasteiger partial charge >= 0.3 is 0 Å². The monoisotopic (exact) mass is 331 g/mol. The number of benzene rings is 1. The van der Waals surface area contributed by atoms with Gasteiger partial charge in [0.25, 0.3) is 0 Å². The number of carbonyl (C=O) groups is 2. The number of carbonyl (C=O) groups excluding carboxylic acids is 2. The Balaban J connectivity index is 1.74. The molecule has 0 atom stereocenters. The number of unbranched alkanes of at least 4 members (excludes halogenated alkanes) is 2. The predicted octanol–water partition coefficient (Wildman–Crippen LogP) is 3.39. The van der Waals surface area contributed by atoms with Crippen molar-refractivity contribution >= 4 is 17.4 Å². The number of rotatable bonds is 8. The van der Waals surface area contributed by atoms with Gasteiger partial charge in [-0.05, 0) is 69.9 Å². The number of phenols is 1. The van der Waals surface area contributed by atoms with Crippen LogP contribution in [0.1, 0.15) is 55.8 Å². The van der Waals surface area contributed by atoms with Crippen LogP contribution in [0.15, 0.2) is 18.2 Å². The standard InChI is InChI=1S/C19H27N2O3/c1-15(22)20-16-9-10-19(24)17(14-16)18(23)8-4-2-5-11-21-12-6-3-7-13-21/h3,9-10,14,24H,2,4-8,11-13H2,1H3,(H,20,22). The van der Waals surface area contributed by atoms with E-state index < -0.39 is 0 Å². The van der Waals surface area contributed by atoms with Crippen LogP contribution in [0, 0.1) is 6.42 Å². The van der Waals surface area contributed by atoms with Crippen molar-refractivity contribution < 1.29 is 14.7 Å². The third kappa shape index (κ3) is 5.96. The van der Waals surface area contributed by atoms with Crippen LogP contribution in [0.25, 0.3) is 0 Å². The quantitative estimate of drug-likeness (QED) is 0.435. The lowest BCUT2D eigenvalue weighted by atomic mass is 10.0. The molecule has 24 heavy (non-hydrogen) atoms. The number of nitrogens with one attached hydrogen (secondary N) is 1. The molecule has 131 valence electrons. The summed E-state index contributed by atoms with van der Waals surface area (Å²) in [6, 6.07) is 4.58. The van der Waals surface area contributed by atoms with E-state index in [-0.39, 0.29) is 23.0 Å². The zero-order valence-corrected chi connectivity index (χ0v) is 14.4. The zero-order chi connectivity index (χ0) is 17.4. The summed E-state index contributed by atoms with van der Waals surface area (Å²) in [6.45, 7) is 4.82. The fourth-order valence-electron chi connectivity index (χ4n) is 3.00. The number of likely N-dealkylation sites (tertiary alicyclic amines) is 1. The highest BCUT2D eigenvalue weighted by molar-refractivity contribution is 6.00. The summed E-state index contributed by atoms with van der Waals surface area (Å²) in [5.41, 5.74) is 0.818. The minimum absolute atomic E-state index is 0.0290. The number of piperidine rings is 1. The summed E-state index contributed by atoms with van der Waals surface area (Å²) in [5.74, 6) is -0.305. The molecule has 1 amide bonds. The Morgan fingerprint density at radius 3 is 2.62 bits per heavy atom. The van der Waals surface area contributed by atoms with Gasteiger partial charge in [-0.1, -0.05) is 6.42 Å². The lowest BCUT2D eigenvalue weighted by molar-refractivity contribution is -0.114. The number of ketones is 1. The number of amides is 1. The van der Waals surface area contributed by atoms with Gasteiger partial charge in [0.15, 0.2) is 5.78 Å². The summed E-state index contributed by atoms with van der Waals surface area (Å²) in [4.78, 5) is 25.8. The molecule has 1 saturated heterocycles. The summed E-state index contributed by atoms with van der Waals surface area (Å²) in [6.07, 6.45) is 8.07. The summed E-state index contributed by atoms with van der Waals surface area (Å²) >= 11 is 0. The fraction of sp³-hybridized carbons (Fsp3) is 0.526. The molecule has 1 heterocycles. The van der Waals surface area contributed by atoms with Crippen LogP contribution in [0.3, 0.4) is 0 Å². The van der Waals surface area contributed by atoms with Gasteiger partial charge in [-0.3, -0.25) is 9.59 Å². The van der Waals surface area contributed by atoms with E-state index >= 15 is 0 Å². The number of hydrogen-bond donors (Lipinski definition) is 2. The van der Waals surface area contributed by atoms with Gasteiger partial charge in [0.05, 0.1) is 5.56 Å². The van der Waals surface area contributed by atoms with Crippen LogP contribution in [0.2, 0.25) is 0 Å². The molecule has 2 rings (SSSR count). The first-order chi connectivity index (χ1) is 11.6. The van der Waals surface area contributed by atoms with Crippen LogP contribution in [-0.4, -0.2) is 41.3 Å². The number of aromatic hydroxyl groups is 1. The predicted molar refractivity (Wildman–Crippen MR) is 95.2 cm³/mol. The van der Waals surface area contributed by atoms with Crippen molar-refractivity contribution in [3.05, 3.63) is 30.2 Å². The van der Waals surface area contributed by atoms with E-state index in [9.17, 15) is 14.7 Å². The molecule has 1 radical (unpaired) electrons. The van der Waals surface area contributed by atoms with E-state index in [1.165, 1.54) is 25.8 Å². The number of Topliss-reactive ketones (excluding diaryl/α,β-unsaturated/α-hetero) is 1. The molecule has 1 aliphatic heterocycles. The first kappa shape index (κ1) is 18.5. The Morgan fingerprint density at radius 1 is 1.17 bits per heavy atom. The summed E-state index contributed by atoms with van der Waals surface area (Å²) in [7, 11) is 0. The topological polar surface area (TPSA) is 69.6 Å². The number of anilines is 1. The van der Waals surface area contributed by atoms with Crippen molar-refractivity contribution in [3.63, 3.8) is 0 Å². The lowest BCUT2D eigenvalue weighted by Crippen LogP contribution is -2.30. The minimum Gasteiger partial charge on any atom is -0.507 e. The van der Waals surface area contributed by atoms with Gasteiger partial charge in [-0.15, -0.1) is 0 Å².